The fourth-order valence-electron chi connectivity index (χ4n) is 4.36. The van der Waals surface area contributed by atoms with E-state index in [1.54, 1.807) is 12.1 Å². The zero-order valence-electron chi connectivity index (χ0n) is 26.7. The third-order valence-corrected chi connectivity index (χ3v) is 6.85. The van der Waals surface area contributed by atoms with Crippen LogP contribution in [0, 0.1) is 5.92 Å². The topological polar surface area (TPSA) is 285 Å². The molecule has 258 valence electrons. The third kappa shape index (κ3) is 16.0. The number of amides is 4. The molecular weight excluding hydrogens is 600 g/mol. The van der Waals surface area contributed by atoms with Gasteiger partial charge < -0.3 is 53.8 Å². The summed E-state index contributed by atoms with van der Waals surface area (Å²) in [5.74, 6) is -3.51. The van der Waals surface area contributed by atoms with Gasteiger partial charge in [-0.05, 0) is 62.6 Å². The molecule has 16 nitrogen and oxygen atoms in total. The maximum atomic E-state index is 13.5. The van der Waals surface area contributed by atoms with Gasteiger partial charge in [0.05, 0.1) is 12.1 Å². The van der Waals surface area contributed by atoms with E-state index >= 15 is 0 Å². The van der Waals surface area contributed by atoms with Crippen molar-refractivity contribution >= 4 is 35.6 Å². The summed E-state index contributed by atoms with van der Waals surface area (Å²) in [6.07, 6.45) is 0.536. The number of carbonyl (C=O) groups is 5. The van der Waals surface area contributed by atoms with Gasteiger partial charge in [0.2, 0.25) is 23.6 Å². The van der Waals surface area contributed by atoms with E-state index < -0.39 is 59.9 Å². The Morgan fingerprint density at radius 1 is 0.870 bits per heavy atom. The number of carboxylic acid groups (broad SMARTS) is 1. The van der Waals surface area contributed by atoms with Crippen molar-refractivity contribution in [3.63, 3.8) is 0 Å². The molecule has 1 aromatic rings. The van der Waals surface area contributed by atoms with Crippen molar-refractivity contribution in [3.8, 4) is 5.75 Å². The van der Waals surface area contributed by atoms with Crippen molar-refractivity contribution in [2.75, 3.05) is 13.1 Å². The Bertz CT molecular complexity index is 1170. The highest BCUT2D eigenvalue weighted by molar-refractivity contribution is 5.93. The molecule has 5 atom stereocenters. The van der Waals surface area contributed by atoms with Gasteiger partial charge in [-0.1, -0.05) is 26.0 Å². The molecule has 0 bridgehead atoms. The number of phenolic OH excluding ortho intramolecular Hbond substituents is 1. The van der Waals surface area contributed by atoms with Crippen LogP contribution in [-0.4, -0.2) is 94.2 Å². The Kier molecular flexibility index (Phi) is 17.7. The number of carboxylic acids is 1. The smallest absolute Gasteiger partial charge is 0.328 e. The number of aliphatic hydroxyl groups is 1. The summed E-state index contributed by atoms with van der Waals surface area (Å²) in [4.78, 5) is 66.5. The third-order valence-electron chi connectivity index (χ3n) is 6.85. The number of rotatable bonds is 21. The predicted octanol–water partition coefficient (Wildman–Crippen LogP) is -1.43. The molecule has 0 saturated carbocycles. The van der Waals surface area contributed by atoms with Crippen molar-refractivity contribution in [1.82, 2.24) is 21.3 Å². The maximum Gasteiger partial charge on any atom is 0.328 e. The number of aromatic hydroxyl groups is 1. The van der Waals surface area contributed by atoms with Crippen molar-refractivity contribution in [2.24, 2.45) is 28.1 Å². The van der Waals surface area contributed by atoms with Crippen LogP contribution in [0.25, 0.3) is 0 Å². The Hall–Kier alpha value is -4.44. The van der Waals surface area contributed by atoms with Crippen LogP contribution in [-0.2, 0) is 30.4 Å². The highest BCUT2D eigenvalue weighted by Crippen LogP contribution is 2.13. The van der Waals surface area contributed by atoms with E-state index in [9.17, 15) is 34.2 Å². The summed E-state index contributed by atoms with van der Waals surface area (Å²) >= 11 is 0. The van der Waals surface area contributed by atoms with Crippen LogP contribution in [0.1, 0.15) is 64.9 Å². The molecule has 4 amide bonds. The monoisotopic (exact) mass is 650 g/mol. The van der Waals surface area contributed by atoms with E-state index in [2.05, 4.69) is 26.3 Å². The van der Waals surface area contributed by atoms with Gasteiger partial charge in [0.15, 0.2) is 12.0 Å². The fraction of sp³-hybridized carbons (Fsp3) is 0.600. The van der Waals surface area contributed by atoms with E-state index in [4.69, 9.17) is 22.3 Å². The maximum absolute atomic E-state index is 13.5. The van der Waals surface area contributed by atoms with Gasteiger partial charge in [-0.3, -0.25) is 24.2 Å². The number of guanidine groups is 1. The van der Waals surface area contributed by atoms with Crippen LogP contribution < -0.4 is 38.5 Å². The van der Waals surface area contributed by atoms with E-state index in [1.165, 1.54) is 19.1 Å². The molecule has 16 heteroatoms. The highest BCUT2D eigenvalue weighted by atomic mass is 16.4. The largest absolute Gasteiger partial charge is 0.508 e. The number of benzene rings is 1. The number of hydrogen-bond donors (Lipinski definition) is 10. The molecule has 13 N–H and O–H groups in total. The van der Waals surface area contributed by atoms with Gasteiger partial charge >= 0.3 is 5.97 Å². The number of nitrogens with zero attached hydrogens (tertiary/aromatic N) is 1. The second-order valence-electron chi connectivity index (χ2n) is 11.5. The average Bonchev–Trinajstić information content (AvgIpc) is 2.97. The zero-order valence-corrected chi connectivity index (χ0v) is 26.7. The first-order valence-corrected chi connectivity index (χ1v) is 15.3. The van der Waals surface area contributed by atoms with Gasteiger partial charge in [0.25, 0.3) is 0 Å². The summed E-state index contributed by atoms with van der Waals surface area (Å²) in [6, 6.07) is 1.77. The number of nitrogens with two attached hydrogens (primary N) is 3. The Morgan fingerprint density at radius 2 is 1.50 bits per heavy atom. The standard InChI is InChI=1S/C30H50N8O8/c1-17(2)15-22(27(43)34-13-5-4-8-24(41)38-25(18(3)39)29(45)46)37-28(44)23(16-19-9-11-20(40)12-10-19)36-26(42)21(31)7-6-14-35-30(32)33/h9-12,17-18,21-23,25,39-40H,4-8,13-16,31H2,1-3H3,(H,34,43)(H,36,42)(H,37,44)(H,38,41)(H,45,46)(H4,32,33,35)/t18-,21+,22+,23+,25+/m1/s1. The van der Waals surface area contributed by atoms with Crippen LogP contribution in [0.4, 0.5) is 0 Å². The first kappa shape index (κ1) is 39.6. The number of carbonyl (C=O) groups excluding carboxylic acids is 4. The number of hydrogen-bond acceptors (Lipinski definition) is 9. The quantitative estimate of drug-likeness (QED) is 0.0418. The first-order chi connectivity index (χ1) is 21.6. The molecular formula is C30H50N8O8. The minimum atomic E-state index is -1.41. The molecule has 0 aliphatic rings. The summed E-state index contributed by atoms with van der Waals surface area (Å²) < 4.78 is 0. The molecule has 0 spiro atoms. The minimum Gasteiger partial charge on any atom is -0.508 e. The first-order valence-electron chi connectivity index (χ1n) is 15.3. The fourth-order valence-corrected chi connectivity index (χ4v) is 4.36. The number of aliphatic hydroxyl groups excluding tert-OH is 1. The van der Waals surface area contributed by atoms with E-state index in [-0.39, 0.29) is 50.0 Å². The zero-order chi connectivity index (χ0) is 34.8. The van der Waals surface area contributed by atoms with Crippen molar-refractivity contribution < 1.29 is 39.3 Å². The second-order valence-corrected chi connectivity index (χ2v) is 11.5. The number of phenols is 1. The van der Waals surface area contributed by atoms with Crippen molar-refractivity contribution in [3.05, 3.63) is 29.8 Å². The molecule has 0 aromatic heterocycles. The normalized spacial score (nSPS) is 14.2. The summed E-state index contributed by atoms with van der Waals surface area (Å²) in [5, 5.41) is 38.7. The summed E-state index contributed by atoms with van der Waals surface area (Å²) in [6.45, 7) is 5.52. The average molecular weight is 651 g/mol. The van der Waals surface area contributed by atoms with Crippen LogP contribution >= 0.6 is 0 Å². The van der Waals surface area contributed by atoms with Crippen molar-refractivity contribution in [2.45, 2.75) is 96.0 Å². The van der Waals surface area contributed by atoms with Gasteiger partial charge in [-0.2, -0.15) is 0 Å². The molecule has 1 rings (SSSR count). The van der Waals surface area contributed by atoms with E-state index in [0.29, 0.717) is 31.2 Å². The number of unbranched alkanes of at least 4 members (excludes halogenated alkanes) is 1. The molecule has 0 heterocycles. The van der Waals surface area contributed by atoms with Gasteiger partial charge in [0.1, 0.15) is 17.8 Å². The molecule has 46 heavy (non-hydrogen) atoms. The molecule has 0 saturated heterocycles. The van der Waals surface area contributed by atoms with E-state index in [0.717, 1.165) is 0 Å². The van der Waals surface area contributed by atoms with E-state index in [1.807, 2.05) is 13.8 Å². The Balaban J connectivity index is 2.84. The molecule has 0 fully saturated rings. The van der Waals surface area contributed by atoms with Crippen LogP contribution in [0.5, 0.6) is 5.75 Å². The second kappa shape index (κ2) is 20.6. The molecule has 0 aliphatic carbocycles. The molecule has 0 radical (unpaired) electrons. The number of aliphatic imine (C=N–C) groups is 1. The Morgan fingerprint density at radius 3 is 2.07 bits per heavy atom. The van der Waals surface area contributed by atoms with Gasteiger partial charge in [0, 0.05) is 25.9 Å². The highest BCUT2D eigenvalue weighted by Gasteiger charge is 2.29. The lowest BCUT2D eigenvalue weighted by molar-refractivity contribution is -0.144. The van der Waals surface area contributed by atoms with Crippen LogP contribution in [0.15, 0.2) is 29.3 Å². The lowest BCUT2D eigenvalue weighted by Crippen LogP contribution is -2.56. The van der Waals surface area contributed by atoms with Crippen LogP contribution in [0.3, 0.4) is 0 Å². The minimum absolute atomic E-state index is 0.00636. The number of nitrogens with one attached hydrogen (secondary N) is 4. The summed E-state index contributed by atoms with van der Waals surface area (Å²) in [5.41, 5.74) is 17.3. The van der Waals surface area contributed by atoms with Crippen LogP contribution in [0.2, 0.25) is 0 Å². The van der Waals surface area contributed by atoms with Crippen molar-refractivity contribution in [1.29, 1.82) is 0 Å². The lowest BCUT2D eigenvalue weighted by Gasteiger charge is -2.25. The lowest BCUT2D eigenvalue weighted by atomic mass is 10.0. The number of aliphatic carboxylic acids is 1. The summed E-state index contributed by atoms with van der Waals surface area (Å²) in [7, 11) is 0. The molecule has 0 unspecified atom stereocenters. The van der Waals surface area contributed by atoms with Gasteiger partial charge in [-0.25, -0.2) is 4.79 Å². The molecule has 0 aliphatic heterocycles. The SMILES string of the molecule is CC(C)C[C@H](NC(=O)[C@H](Cc1ccc(O)cc1)NC(=O)[C@@H](N)CCCN=C(N)N)C(=O)NCCCCC(=O)N[C@H](C(=O)O)[C@@H](C)O. The Labute approximate surface area is 268 Å². The van der Waals surface area contributed by atoms with Gasteiger partial charge in [-0.15, -0.1) is 0 Å². The molecule has 1 aromatic carbocycles. The predicted molar refractivity (Wildman–Crippen MR) is 171 cm³/mol.